The Morgan fingerprint density at radius 3 is 2.79 bits per heavy atom. The second-order valence-electron chi connectivity index (χ2n) is 6.39. The minimum absolute atomic E-state index is 0.0257. The van der Waals surface area contributed by atoms with E-state index in [1.165, 1.54) is 13.4 Å². The summed E-state index contributed by atoms with van der Waals surface area (Å²) in [6, 6.07) is 2.47. The maximum atomic E-state index is 12.8. The molecule has 1 aliphatic heterocycles. The maximum absolute atomic E-state index is 12.8. The molecule has 3 heterocycles. The molecule has 0 unspecified atom stereocenters. The summed E-state index contributed by atoms with van der Waals surface area (Å²) in [5, 5.41) is -0.0257. The number of alkyl halides is 3. The zero-order valence-corrected chi connectivity index (χ0v) is 15.9. The lowest BCUT2D eigenvalue weighted by Crippen LogP contribution is -2.31. The second kappa shape index (κ2) is 8.40. The van der Waals surface area contributed by atoms with Gasteiger partial charge in [0.15, 0.2) is 0 Å². The molecule has 1 aliphatic rings. The number of hydrogen-bond donors (Lipinski definition) is 0. The van der Waals surface area contributed by atoms with Gasteiger partial charge in [0.1, 0.15) is 17.1 Å². The van der Waals surface area contributed by atoms with Gasteiger partial charge in [-0.15, -0.1) is 0 Å². The second-order valence-corrected chi connectivity index (χ2v) is 6.80. The van der Waals surface area contributed by atoms with Crippen LogP contribution >= 0.6 is 11.6 Å². The highest BCUT2D eigenvalue weighted by molar-refractivity contribution is 6.33. The van der Waals surface area contributed by atoms with Crippen molar-refractivity contribution < 1.29 is 27.1 Å². The standard InChI is InChI=1S/C18H19ClF3N3O3/c1-27-17(26)13-3-8-28-15(13)11-24-4-2-5-25(7-6-24)16-14(19)9-12(10-23-16)18(20,21)22/h3,8-10H,2,4-7,11H2,1H3. The summed E-state index contributed by atoms with van der Waals surface area (Å²) in [5.74, 6) is 0.400. The summed E-state index contributed by atoms with van der Waals surface area (Å²) >= 11 is 6.06. The Morgan fingerprint density at radius 2 is 2.11 bits per heavy atom. The number of carbonyl (C=O) groups excluding carboxylic acids is 1. The number of ether oxygens (including phenoxy) is 1. The highest BCUT2D eigenvalue weighted by Crippen LogP contribution is 2.33. The molecule has 0 saturated carbocycles. The summed E-state index contributed by atoms with van der Waals surface area (Å²) in [6.45, 7) is 2.92. The Bertz CT molecular complexity index is 841. The Morgan fingerprint density at radius 1 is 1.32 bits per heavy atom. The van der Waals surface area contributed by atoms with Crippen molar-refractivity contribution in [3.63, 3.8) is 0 Å². The molecule has 6 nitrogen and oxygen atoms in total. The average Bonchev–Trinajstić information content (AvgIpc) is 2.98. The summed E-state index contributed by atoms with van der Waals surface area (Å²) in [7, 11) is 1.31. The molecule has 0 radical (unpaired) electrons. The third-order valence-electron chi connectivity index (χ3n) is 4.56. The number of rotatable bonds is 4. The number of furan rings is 1. The van der Waals surface area contributed by atoms with E-state index in [4.69, 9.17) is 20.8 Å². The molecule has 1 saturated heterocycles. The maximum Gasteiger partial charge on any atom is 0.417 e. The van der Waals surface area contributed by atoms with Crippen molar-refractivity contribution in [1.82, 2.24) is 9.88 Å². The van der Waals surface area contributed by atoms with Gasteiger partial charge in [-0.2, -0.15) is 13.2 Å². The molecule has 0 atom stereocenters. The van der Waals surface area contributed by atoms with Crippen molar-refractivity contribution in [2.75, 3.05) is 38.2 Å². The molecule has 0 N–H and O–H groups in total. The number of methoxy groups -OCH3 is 1. The Kier molecular flexibility index (Phi) is 6.14. The lowest BCUT2D eigenvalue weighted by Gasteiger charge is -2.23. The molecule has 10 heteroatoms. The van der Waals surface area contributed by atoms with Crippen LogP contribution in [-0.4, -0.2) is 49.1 Å². The molecule has 2 aromatic rings. The zero-order chi connectivity index (χ0) is 20.3. The first kappa shape index (κ1) is 20.5. The zero-order valence-electron chi connectivity index (χ0n) is 15.1. The molecule has 152 valence electrons. The van der Waals surface area contributed by atoms with Crippen LogP contribution in [0.1, 0.15) is 28.1 Å². The van der Waals surface area contributed by atoms with Crippen molar-refractivity contribution in [3.05, 3.63) is 46.5 Å². The van der Waals surface area contributed by atoms with Gasteiger partial charge in [-0.05, 0) is 18.6 Å². The van der Waals surface area contributed by atoms with Gasteiger partial charge in [-0.3, -0.25) is 4.90 Å². The molecule has 0 aliphatic carbocycles. The van der Waals surface area contributed by atoms with E-state index in [0.29, 0.717) is 43.3 Å². The van der Waals surface area contributed by atoms with Gasteiger partial charge in [0.05, 0.1) is 30.5 Å². The van der Waals surface area contributed by atoms with E-state index in [9.17, 15) is 18.0 Å². The highest BCUT2D eigenvalue weighted by atomic mass is 35.5. The fraction of sp³-hybridized carbons (Fsp3) is 0.444. The van der Waals surface area contributed by atoms with Gasteiger partial charge in [-0.1, -0.05) is 11.6 Å². The quantitative estimate of drug-likeness (QED) is 0.704. The highest BCUT2D eigenvalue weighted by Gasteiger charge is 2.32. The number of pyridine rings is 1. The number of nitrogens with zero attached hydrogens (tertiary/aromatic N) is 3. The van der Waals surface area contributed by atoms with Crippen LogP contribution in [0, 0.1) is 0 Å². The normalized spacial score (nSPS) is 16.1. The fourth-order valence-corrected chi connectivity index (χ4v) is 3.40. The van der Waals surface area contributed by atoms with E-state index in [1.54, 1.807) is 6.07 Å². The molecule has 0 bridgehead atoms. The molecule has 1 fully saturated rings. The van der Waals surface area contributed by atoms with Crippen LogP contribution < -0.4 is 4.90 Å². The molecule has 0 aromatic carbocycles. The Balaban J connectivity index is 1.67. The summed E-state index contributed by atoms with van der Waals surface area (Å²) in [6.07, 6.45) is -1.48. The van der Waals surface area contributed by atoms with Crippen LogP contribution in [0.25, 0.3) is 0 Å². The Labute approximate surface area is 164 Å². The van der Waals surface area contributed by atoms with Crippen molar-refractivity contribution in [3.8, 4) is 0 Å². The molecular weight excluding hydrogens is 399 g/mol. The van der Waals surface area contributed by atoms with Gasteiger partial charge in [0.2, 0.25) is 0 Å². The van der Waals surface area contributed by atoms with Crippen molar-refractivity contribution in [1.29, 1.82) is 0 Å². The first-order valence-corrected chi connectivity index (χ1v) is 9.02. The SMILES string of the molecule is COC(=O)c1ccoc1CN1CCCN(c2ncc(C(F)(F)F)cc2Cl)CC1. The van der Waals surface area contributed by atoms with Gasteiger partial charge >= 0.3 is 12.1 Å². The minimum Gasteiger partial charge on any atom is -0.467 e. The Hall–Kier alpha value is -2.26. The van der Waals surface area contributed by atoms with Crippen LogP contribution in [0.3, 0.4) is 0 Å². The monoisotopic (exact) mass is 417 g/mol. The summed E-state index contributed by atoms with van der Waals surface area (Å²) in [4.78, 5) is 19.7. The van der Waals surface area contributed by atoms with Gasteiger partial charge < -0.3 is 14.1 Å². The van der Waals surface area contributed by atoms with E-state index in [0.717, 1.165) is 25.2 Å². The third kappa shape index (κ3) is 4.59. The predicted molar refractivity (Wildman–Crippen MR) is 96.4 cm³/mol. The smallest absolute Gasteiger partial charge is 0.417 e. The number of esters is 1. The van der Waals surface area contributed by atoms with Gasteiger partial charge in [-0.25, -0.2) is 9.78 Å². The molecule has 0 amide bonds. The molecule has 2 aromatic heterocycles. The third-order valence-corrected chi connectivity index (χ3v) is 4.83. The van der Waals surface area contributed by atoms with Crippen LogP contribution in [0.2, 0.25) is 5.02 Å². The topological polar surface area (TPSA) is 58.8 Å². The molecule has 0 spiro atoms. The first-order valence-electron chi connectivity index (χ1n) is 8.64. The number of anilines is 1. The van der Waals surface area contributed by atoms with Crippen LogP contribution in [0.4, 0.5) is 19.0 Å². The molecule has 3 rings (SSSR count). The van der Waals surface area contributed by atoms with Crippen LogP contribution in [0.5, 0.6) is 0 Å². The largest absolute Gasteiger partial charge is 0.467 e. The van der Waals surface area contributed by atoms with E-state index in [2.05, 4.69) is 9.88 Å². The number of hydrogen-bond acceptors (Lipinski definition) is 6. The fourth-order valence-electron chi connectivity index (χ4n) is 3.12. The predicted octanol–water partition coefficient (Wildman–Crippen LogP) is 3.85. The van der Waals surface area contributed by atoms with Crippen molar-refractivity contribution in [2.45, 2.75) is 19.1 Å². The minimum atomic E-state index is -4.48. The lowest BCUT2D eigenvalue weighted by atomic mass is 10.2. The number of halogens is 4. The van der Waals surface area contributed by atoms with Gasteiger partial charge in [0, 0.05) is 32.4 Å². The number of carbonyl (C=O) groups is 1. The van der Waals surface area contributed by atoms with Crippen molar-refractivity contribution >= 4 is 23.4 Å². The van der Waals surface area contributed by atoms with E-state index >= 15 is 0 Å². The summed E-state index contributed by atoms with van der Waals surface area (Å²) < 4.78 is 48.5. The van der Waals surface area contributed by atoms with Gasteiger partial charge in [0.25, 0.3) is 0 Å². The van der Waals surface area contributed by atoms with E-state index in [-0.39, 0.29) is 5.02 Å². The average molecular weight is 418 g/mol. The van der Waals surface area contributed by atoms with E-state index < -0.39 is 17.7 Å². The lowest BCUT2D eigenvalue weighted by molar-refractivity contribution is -0.137. The van der Waals surface area contributed by atoms with Crippen LogP contribution in [0.15, 0.2) is 29.0 Å². The molecular formula is C18H19ClF3N3O3. The molecule has 28 heavy (non-hydrogen) atoms. The van der Waals surface area contributed by atoms with Crippen LogP contribution in [-0.2, 0) is 17.5 Å². The van der Waals surface area contributed by atoms with E-state index in [1.807, 2.05) is 4.90 Å². The summed E-state index contributed by atoms with van der Waals surface area (Å²) in [5.41, 5.74) is -0.484. The number of aromatic nitrogens is 1. The van der Waals surface area contributed by atoms with Crippen molar-refractivity contribution in [2.24, 2.45) is 0 Å². The first-order chi connectivity index (χ1) is 13.3.